The number of nitrogens with zero attached hydrogens (tertiary/aromatic N) is 1. The van der Waals surface area contributed by atoms with Crippen molar-refractivity contribution in [3.05, 3.63) is 0 Å². The number of nitrogens with two attached hydrogens (primary N) is 3. The first-order valence-corrected chi connectivity index (χ1v) is 10.1. The molecule has 0 radical (unpaired) electrons. The van der Waals surface area contributed by atoms with Crippen LogP contribution in [-0.4, -0.2) is 87.8 Å². The van der Waals surface area contributed by atoms with Gasteiger partial charge in [-0.2, -0.15) is 0 Å². The average Bonchev–Trinajstić information content (AvgIpc) is 2.71. The normalized spacial score (nSPS) is 15.2. The van der Waals surface area contributed by atoms with Gasteiger partial charge >= 0.3 is 11.9 Å². The second-order valence-electron chi connectivity index (χ2n) is 7.34. The van der Waals surface area contributed by atoms with Crippen LogP contribution in [0.1, 0.15) is 39.5 Å². The molecule has 5 unspecified atom stereocenters. The fourth-order valence-corrected chi connectivity index (χ4v) is 2.46. The van der Waals surface area contributed by atoms with Crippen LogP contribution in [0.3, 0.4) is 0 Å². The molecule has 33 heavy (non-hydrogen) atoms. The van der Waals surface area contributed by atoms with E-state index in [1.54, 1.807) is 0 Å². The summed E-state index contributed by atoms with van der Waals surface area (Å²) < 4.78 is 0. The number of hydrogen-bond acceptors (Lipinski definition) is 8. The molecule has 0 aromatic rings. The molecule has 0 aliphatic carbocycles. The van der Waals surface area contributed by atoms with Crippen molar-refractivity contribution in [2.24, 2.45) is 22.2 Å². The van der Waals surface area contributed by atoms with Crippen molar-refractivity contribution in [2.45, 2.75) is 69.8 Å². The summed E-state index contributed by atoms with van der Waals surface area (Å²) in [6.45, 7) is 2.71. The first-order chi connectivity index (χ1) is 15.3. The maximum Gasteiger partial charge on any atom is 0.326 e. The quantitative estimate of drug-likeness (QED) is 0.0628. The van der Waals surface area contributed by atoms with E-state index in [0.29, 0.717) is 0 Å². The lowest BCUT2D eigenvalue weighted by Crippen LogP contribution is -2.57. The molecule has 15 heteroatoms. The maximum absolute atomic E-state index is 12.6. The minimum absolute atomic E-state index is 0.0266. The molecule has 0 heterocycles. The fraction of sp³-hybridized carbons (Fsp3) is 0.667. The average molecular weight is 476 g/mol. The number of aliphatic hydroxyl groups is 1. The zero-order valence-electron chi connectivity index (χ0n) is 18.5. The lowest BCUT2D eigenvalue weighted by atomic mass is 10.1. The van der Waals surface area contributed by atoms with Crippen LogP contribution in [0, 0.1) is 0 Å². The number of aliphatic hydroxyl groups excluding tert-OH is 1. The molecule has 188 valence electrons. The molecule has 0 rings (SSSR count). The molecule has 3 amide bonds. The summed E-state index contributed by atoms with van der Waals surface area (Å²) in [7, 11) is 0. The predicted octanol–water partition coefficient (Wildman–Crippen LogP) is -3.83. The van der Waals surface area contributed by atoms with Gasteiger partial charge < -0.3 is 48.5 Å². The molecule has 0 saturated heterocycles. The SMILES string of the molecule is CC(NC(=O)C(N)C(C)O)C(=O)NC(CCC(=O)O)C(=O)NC(CCCN=C(N)N)C(=O)O. The van der Waals surface area contributed by atoms with Crippen LogP contribution >= 0.6 is 0 Å². The van der Waals surface area contributed by atoms with Crippen molar-refractivity contribution in [3.8, 4) is 0 Å². The second-order valence-corrected chi connectivity index (χ2v) is 7.34. The summed E-state index contributed by atoms with van der Waals surface area (Å²) in [5.41, 5.74) is 15.9. The highest BCUT2D eigenvalue weighted by Gasteiger charge is 2.29. The lowest BCUT2D eigenvalue weighted by molar-refractivity contribution is -0.143. The Morgan fingerprint density at radius 2 is 1.45 bits per heavy atom. The Morgan fingerprint density at radius 3 is 1.94 bits per heavy atom. The van der Waals surface area contributed by atoms with Gasteiger partial charge in [-0.3, -0.25) is 24.2 Å². The van der Waals surface area contributed by atoms with E-state index in [4.69, 9.17) is 22.3 Å². The first-order valence-electron chi connectivity index (χ1n) is 10.1. The summed E-state index contributed by atoms with van der Waals surface area (Å²) in [5, 5.41) is 34.4. The summed E-state index contributed by atoms with van der Waals surface area (Å²) in [5.74, 6) is -5.32. The Hall–Kier alpha value is -3.46. The van der Waals surface area contributed by atoms with E-state index < -0.39 is 66.4 Å². The maximum atomic E-state index is 12.6. The van der Waals surface area contributed by atoms with Gasteiger partial charge in [0.15, 0.2) is 5.96 Å². The third-order valence-corrected chi connectivity index (χ3v) is 4.41. The van der Waals surface area contributed by atoms with Crippen LogP contribution < -0.4 is 33.2 Å². The Kier molecular flexibility index (Phi) is 13.0. The zero-order valence-corrected chi connectivity index (χ0v) is 18.5. The summed E-state index contributed by atoms with van der Waals surface area (Å²) in [4.78, 5) is 63.0. The zero-order chi connectivity index (χ0) is 25.7. The number of hydrogen-bond donors (Lipinski definition) is 9. The number of aliphatic imine (C=N–C) groups is 1. The molecule has 0 bridgehead atoms. The monoisotopic (exact) mass is 475 g/mol. The van der Waals surface area contributed by atoms with Gasteiger partial charge in [0.25, 0.3) is 0 Å². The van der Waals surface area contributed by atoms with Crippen LogP contribution in [-0.2, 0) is 24.0 Å². The molecule has 0 fully saturated rings. The molecule has 15 nitrogen and oxygen atoms in total. The van der Waals surface area contributed by atoms with Gasteiger partial charge in [0.2, 0.25) is 17.7 Å². The molecule has 0 aliphatic heterocycles. The number of carboxylic acid groups (broad SMARTS) is 2. The van der Waals surface area contributed by atoms with Gasteiger partial charge in [-0.1, -0.05) is 0 Å². The molecular weight excluding hydrogens is 442 g/mol. The fourth-order valence-electron chi connectivity index (χ4n) is 2.46. The number of amides is 3. The Bertz CT molecular complexity index is 739. The smallest absolute Gasteiger partial charge is 0.326 e. The molecule has 0 spiro atoms. The number of carbonyl (C=O) groups excluding carboxylic acids is 3. The number of rotatable bonds is 15. The van der Waals surface area contributed by atoms with Gasteiger partial charge in [0.1, 0.15) is 24.2 Å². The molecule has 12 N–H and O–H groups in total. The Balaban J connectivity index is 5.19. The van der Waals surface area contributed by atoms with Crippen LogP contribution in [0.2, 0.25) is 0 Å². The number of carbonyl (C=O) groups is 5. The minimum atomic E-state index is -1.39. The Labute approximate surface area is 190 Å². The van der Waals surface area contributed by atoms with E-state index in [2.05, 4.69) is 20.9 Å². The number of carboxylic acids is 2. The highest BCUT2D eigenvalue weighted by molar-refractivity contribution is 5.94. The van der Waals surface area contributed by atoms with Gasteiger partial charge in [0.05, 0.1) is 6.10 Å². The number of nitrogens with one attached hydrogen (secondary N) is 3. The van der Waals surface area contributed by atoms with E-state index in [1.807, 2.05) is 0 Å². The van der Waals surface area contributed by atoms with E-state index >= 15 is 0 Å². The highest BCUT2D eigenvalue weighted by atomic mass is 16.4. The van der Waals surface area contributed by atoms with Crippen molar-refractivity contribution in [1.82, 2.24) is 16.0 Å². The van der Waals surface area contributed by atoms with Crippen molar-refractivity contribution in [3.63, 3.8) is 0 Å². The summed E-state index contributed by atoms with van der Waals surface area (Å²) in [6, 6.07) is -5.20. The first kappa shape index (κ1) is 29.5. The molecule has 0 aromatic carbocycles. The van der Waals surface area contributed by atoms with E-state index in [1.165, 1.54) is 13.8 Å². The lowest BCUT2D eigenvalue weighted by Gasteiger charge is -2.23. The van der Waals surface area contributed by atoms with Gasteiger partial charge in [0, 0.05) is 13.0 Å². The van der Waals surface area contributed by atoms with Crippen LogP contribution in [0.5, 0.6) is 0 Å². The highest BCUT2D eigenvalue weighted by Crippen LogP contribution is 2.04. The molecule has 0 aromatic heterocycles. The number of aliphatic carboxylic acids is 2. The van der Waals surface area contributed by atoms with E-state index in [9.17, 15) is 34.2 Å². The van der Waals surface area contributed by atoms with Gasteiger partial charge in [-0.15, -0.1) is 0 Å². The minimum Gasteiger partial charge on any atom is -0.481 e. The molecule has 0 aliphatic rings. The number of guanidine groups is 1. The van der Waals surface area contributed by atoms with Crippen LogP contribution in [0.25, 0.3) is 0 Å². The van der Waals surface area contributed by atoms with Crippen molar-refractivity contribution in [1.29, 1.82) is 0 Å². The third kappa shape index (κ3) is 12.2. The molecular formula is C18H33N7O8. The van der Waals surface area contributed by atoms with Crippen LogP contribution in [0.4, 0.5) is 0 Å². The predicted molar refractivity (Wildman–Crippen MR) is 116 cm³/mol. The standard InChI is InChI=1S/C18H33N7O8/c1-8(23-16(31)13(19)9(2)26)14(29)24-10(5-6-12(27)28)15(30)25-11(17(32)33)4-3-7-22-18(20)21/h8-11,13,26H,3-7,19H2,1-2H3,(H,23,31)(H,24,29)(H,25,30)(H,27,28)(H,32,33)(H4,20,21,22). The second kappa shape index (κ2) is 14.6. The third-order valence-electron chi connectivity index (χ3n) is 4.41. The van der Waals surface area contributed by atoms with Crippen LogP contribution in [0.15, 0.2) is 4.99 Å². The van der Waals surface area contributed by atoms with Crippen molar-refractivity contribution >= 4 is 35.6 Å². The largest absolute Gasteiger partial charge is 0.481 e. The molecule has 0 saturated carbocycles. The van der Waals surface area contributed by atoms with E-state index in [-0.39, 0.29) is 31.8 Å². The van der Waals surface area contributed by atoms with Gasteiger partial charge in [-0.05, 0) is 33.1 Å². The van der Waals surface area contributed by atoms with Gasteiger partial charge in [-0.25, -0.2) is 4.79 Å². The van der Waals surface area contributed by atoms with Crippen molar-refractivity contribution < 1.29 is 39.3 Å². The topological polar surface area (TPSA) is 273 Å². The van der Waals surface area contributed by atoms with E-state index in [0.717, 1.165) is 0 Å². The summed E-state index contributed by atoms with van der Waals surface area (Å²) in [6.07, 6.45) is -1.79. The van der Waals surface area contributed by atoms with Crippen molar-refractivity contribution in [2.75, 3.05) is 6.54 Å². The summed E-state index contributed by atoms with van der Waals surface area (Å²) >= 11 is 0. The Morgan fingerprint density at radius 1 is 0.879 bits per heavy atom. The molecule has 5 atom stereocenters.